The average molecular weight is 479 g/mol. The van der Waals surface area contributed by atoms with Gasteiger partial charge in [0, 0.05) is 20.8 Å². The molecule has 0 bridgehead atoms. The number of alkyl carbamates (subject to hydrolysis) is 1. The van der Waals surface area contributed by atoms with Gasteiger partial charge in [-0.2, -0.15) is 0 Å². The van der Waals surface area contributed by atoms with Gasteiger partial charge in [0.2, 0.25) is 6.17 Å². The maximum absolute atomic E-state index is 15.9. The van der Waals surface area contributed by atoms with E-state index in [9.17, 15) is 24.0 Å². The Morgan fingerprint density at radius 2 is 1.67 bits per heavy atom. The number of ether oxygens (including phenoxy) is 6. The number of amides is 1. The zero-order chi connectivity index (χ0) is 25.6. The van der Waals surface area contributed by atoms with Gasteiger partial charge in [0.25, 0.3) is 0 Å². The smallest absolute Gasteiger partial charge is 0.407 e. The Labute approximate surface area is 190 Å². The average Bonchev–Trinajstić information content (AvgIpc) is 2.71. The summed E-state index contributed by atoms with van der Waals surface area (Å²) in [5.74, 6) is -7.37. The van der Waals surface area contributed by atoms with Crippen LogP contribution in [0.1, 0.15) is 48.0 Å². The van der Waals surface area contributed by atoms with Crippen molar-refractivity contribution >= 4 is 30.0 Å². The van der Waals surface area contributed by atoms with E-state index in [1.807, 2.05) is 0 Å². The first-order valence-corrected chi connectivity index (χ1v) is 10.2. The number of carbonyl (C=O) groups excluding carboxylic acids is 5. The number of alkyl halides is 1. The van der Waals surface area contributed by atoms with Gasteiger partial charge in [-0.1, -0.05) is 6.92 Å². The SMILES string of the molecule is CCOC(=O)N[C@@H]1[C@H](OC(C)=O)C(F)[C@](OC(C)=O)(C(=O)OC)O[C@]1(C)[C@@H](CC)OC(C)=O. The molecule has 6 atom stereocenters. The summed E-state index contributed by atoms with van der Waals surface area (Å²) in [7, 11) is 0.897. The summed E-state index contributed by atoms with van der Waals surface area (Å²) in [6.07, 6.45) is -6.84. The minimum Gasteiger partial charge on any atom is -0.464 e. The molecule has 1 amide bonds. The second-order valence-electron chi connectivity index (χ2n) is 7.36. The standard InChI is InChI=1S/C20H30FNO11/c1-8-13(30-10(3)23)19(6)16(22-18(27)29-9-2)14(31-11(4)24)15(21)20(33-19,17(26)28-7)32-12(5)25/h13-16H,8-9H2,1-7H3,(H,22,27)/t13-,14-,15?,16-,19-,20-/m1/s1. The fraction of sp³-hybridized carbons (Fsp3) is 0.750. The van der Waals surface area contributed by atoms with Crippen molar-refractivity contribution in [3.63, 3.8) is 0 Å². The van der Waals surface area contributed by atoms with Crippen LogP contribution in [0.2, 0.25) is 0 Å². The second-order valence-corrected chi connectivity index (χ2v) is 7.36. The molecule has 1 fully saturated rings. The Balaban J connectivity index is 3.83. The Bertz CT molecular complexity index is 775. The van der Waals surface area contributed by atoms with Gasteiger partial charge in [-0.15, -0.1) is 0 Å². The molecule has 0 radical (unpaired) electrons. The normalized spacial score (nSPS) is 29.8. The number of hydrogen-bond donors (Lipinski definition) is 1. The molecule has 12 nitrogen and oxygen atoms in total. The third-order valence-electron chi connectivity index (χ3n) is 4.90. The van der Waals surface area contributed by atoms with Crippen LogP contribution in [0.25, 0.3) is 0 Å². The quantitative estimate of drug-likeness (QED) is 0.391. The second kappa shape index (κ2) is 11.3. The third-order valence-corrected chi connectivity index (χ3v) is 4.90. The maximum Gasteiger partial charge on any atom is 0.407 e. The van der Waals surface area contributed by atoms with Gasteiger partial charge >= 0.3 is 35.8 Å². The third kappa shape index (κ3) is 6.09. The van der Waals surface area contributed by atoms with Crippen molar-refractivity contribution in [3.8, 4) is 0 Å². The monoisotopic (exact) mass is 479 g/mol. The molecule has 1 saturated heterocycles. The molecular weight excluding hydrogens is 449 g/mol. The molecule has 33 heavy (non-hydrogen) atoms. The van der Waals surface area contributed by atoms with Gasteiger partial charge in [-0.25, -0.2) is 14.0 Å². The molecule has 1 N–H and O–H groups in total. The topological polar surface area (TPSA) is 153 Å². The van der Waals surface area contributed by atoms with Crippen LogP contribution in [0.15, 0.2) is 0 Å². The van der Waals surface area contributed by atoms with Crippen molar-refractivity contribution in [1.29, 1.82) is 0 Å². The van der Waals surface area contributed by atoms with Crippen LogP contribution in [0.5, 0.6) is 0 Å². The zero-order valence-corrected chi connectivity index (χ0v) is 19.6. The number of methoxy groups -OCH3 is 1. The first-order valence-electron chi connectivity index (χ1n) is 10.2. The van der Waals surface area contributed by atoms with Gasteiger partial charge in [0.15, 0.2) is 6.10 Å². The summed E-state index contributed by atoms with van der Waals surface area (Å²) < 4.78 is 46.5. The van der Waals surface area contributed by atoms with E-state index in [0.29, 0.717) is 0 Å². The first kappa shape index (κ1) is 28.1. The zero-order valence-electron chi connectivity index (χ0n) is 19.6. The minimum atomic E-state index is -3.05. The summed E-state index contributed by atoms with van der Waals surface area (Å²) >= 11 is 0. The van der Waals surface area contributed by atoms with Crippen molar-refractivity contribution in [2.45, 2.75) is 83.8 Å². The summed E-state index contributed by atoms with van der Waals surface area (Å²) in [5, 5.41) is 2.35. The molecule has 13 heteroatoms. The van der Waals surface area contributed by atoms with Gasteiger partial charge in [0.05, 0.1) is 13.7 Å². The van der Waals surface area contributed by atoms with E-state index in [1.165, 1.54) is 13.8 Å². The Kier molecular flexibility index (Phi) is 9.57. The predicted molar refractivity (Wildman–Crippen MR) is 106 cm³/mol. The lowest BCUT2D eigenvalue weighted by atomic mass is 9.78. The van der Waals surface area contributed by atoms with Crippen molar-refractivity contribution in [2.75, 3.05) is 13.7 Å². The predicted octanol–water partition coefficient (Wildman–Crippen LogP) is 0.934. The number of esters is 4. The largest absolute Gasteiger partial charge is 0.464 e. The number of nitrogens with one attached hydrogen (secondary N) is 1. The molecule has 0 saturated carbocycles. The van der Waals surface area contributed by atoms with Gasteiger partial charge in [-0.3, -0.25) is 14.4 Å². The molecule has 188 valence electrons. The molecule has 1 aliphatic heterocycles. The molecule has 1 rings (SSSR count). The van der Waals surface area contributed by atoms with Crippen molar-refractivity contribution in [1.82, 2.24) is 5.32 Å². The number of rotatable bonds is 8. The van der Waals surface area contributed by atoms with Crippen LogP contribution >= 0.6 is 0 Å². The van der Waals surface area contributed by atoms with E-state index in [-0.39, 0.29) is 13.0 Å². The molecule has 1 unspecified atom stereocenters. The Morgan fingerprint density at radius 3 is 2.09 bits per heavy atom. The van der Waals surface area contributed by atoms with E-state index < -0.39 is 65.8 Å². The Morgan fingerprint density at radius 1 is 1.06 bits per heavy atom. The summed E-state index contributed by atoms with van der Waals surface area (Å²) in [6, 6.07) is -1.56. The lowest BCUT2D eigenvalue weighted by Crippen LogP contribution is -2.78. The highest BCUT2D eigenvalue weighted by molar-refractivity contribution is 5.83. The molecule has 0 aliphatic carbocycles. The highest BCUT2D eigenvalue weighted by Crippen LogP contribution is 2.44. The maximum atomic E-state index is 15.9. The molecule has 0 aromatic carbocycles. The molecule has 1 aliphatic rings. The minimum absolute atomic E-state index is 0.0398. The van der Waals surface area contributed by atoms with E-state index in [0.717, 1.165) is 27.9 Å². The number of halogens is 1. The van der Waals surface area contributed by atoms with Gasteiger partial charge in [-0.05, 0) is 20.3 Å². The van der Waals surface area contributed by atoms with Crippen molar-refractivity contribution in [2.24, 2.45) is 0 Å². The number of carbonyl (C=O) groups is 5. The summed E-state index contributed by atoms with van der Waals surface area (Å²) in [5.41, 5.74) is -1.99. The molecule has 0 spiro atoms. The van der Waals surface area contributed by atoms with Crippen molar-refractivity contribution < 1.29 is 56.8 Å². The lowest BCUT2D eigenvalue weighted by molar-refractivity contribution is -0.349. The first-order chi connectivity index (χ1) is 15.3. The lowest BCUT2D eigenvalue weighted by Gasteiger charge is -2.54. The van der Waals surface area contributed by atoms with Crippen LogP contribution in [0.3, 0.4) is 0 Å². The highest BCUT2D eigenvalue weighted by Gasteiger charge is 2.70. The summed E-state index contributed by atoms with van der Waals surface area (Å²) in [6.45, 7) is 7.29. The number of hydrogen-bond acceptors (Lipinski definition) is 11. The van der Waals surface area contributed by atoms with E-state index in [1.54, 1.807) is 6.92 Å². The van der Waals surface area contributed by atoms with Crippen molar-refractivity contribution in [3.05, 3.63) is 0 Å². The van der Waals surface area contributed by atoms with E-state index >= 15 is 4.39 Å². The molecule has 0 aromatic rings. The highest BCUT2D eigenvalue weighted by atomic mass is 19.1. The fourth-order valence-electron chi connectivity index (χ4n) is 3.70. The molecular formula is C20H30FNO11. The summed E-state index contributed by atoms with van der Waals surface area (Å²) in [4.78, 5) is 60.4. The molecule has 0 aromatic heterocycles. The van der Waals surface area contributed by atoms with Crippen LogP contribution in [-0.4, -0.2) is 79.5 Å². The van der Waals surface area contributed by atoms with Gasteiger partial charge in [0.1, 0.15) is 17.7 Å². The van der Waals surface area contributed by atoms with Crippen LogP contribution in [0.4, 0.5) is 9.18 Å². The fourth-order valence-corrected chi connectivity index (χ4v) is 3.70. The van der Waals surface area contributed by atoms with E-state index in [2.05, 4.69) is 10.1 Å². The van der Waals surface area contributed by atoms with E-state index in [4.69, 9.17) is 23.7 Å². The van der Waals surface area contributed by atoms with Crippen LogP contribution < -0.4 is 5.32 Å². The Hall–Kier alpha value is -2.96. The van der Waals surface area contributed by atoms with Crippen LogP contribution in [-0.2, 0) is 47.6 Å². The van der Waals surface area contributed by atoms with Crippen LogP contribution in [0, 0.1) is 0 Å². The molecule has 1 heterocycles. The van der Waals surface area contributed by atoms with Gasteiger partial charge < -0.3 is 33.7 Å².